The van der Waals surface area contributed by atoms with Crippen molar-refractivity contribution in [3.8, 4) is 0 Å². The lowest BCUT2D eigenvalue weighted by Gasteiger charge is -2.18. The molecule has 0 aromatic heterocycles. The Bertz CT molecular complexity index is 694. The zero-order chi connectivity index (χ0) is 25.8. The van der Waals surface area contributed by atoms with Gasteiger partial charge in [0, 0.05) is 0 Å². The monoisotopic (exact) mass is 454 g/mol. The van der Waals surface area contributed by atoms with Gasteiger partial charge in [-0.05, 0) is 34.1 Å². The molecule has 3 aromatic carbocycles. The largest absolute Gasteiger partial charge is 0.0776 e. The lowest BCUT2D eigenvalue weighted by atomic mass is 9.87. The van der Waals surface area contributed by atoms with Gasteiger partial charge in [0.05, 0.1) is 0 Å². The fraction of sp³-hybridized carbons (Fsp3) is 0.515. The van der Waals surface area contributed by atoms with Crippen LogP contribution in [0.4, 0.5) is 0 Å². The fourth-order valence-electron chi connectivity index (χ4n) is 2.19. The van der Waals surface area contributed by atoms with E-state index in [4.69, 9.17) is 0 Å². The normalized spacial score (nSPS) is 9.27. The van der Waals surface area contributed by atoms with Crippen LogP contribution in [0.2, 0.25) is 0 Å². The molecule has 0 nitrogen and oxygen atoms in total. The second-order valence-corrected chi connectivity index (χ2v) is 9.46. The zero-order valence-electron chi connectivity index (χ0n) is 23.9. The summed E-state index contributed by atoms with van der Waals surface area (Å²) in [6.07, 6.45) is 0. The van der Waals surface area contributed by atoms with E-state index in [0.717, 1.165) is 0 Å². The molecule has 0 atom stereocenters. The number of fused-ring (bicyclic) bond motifs is 1. The number of hydrogen-bond acceptors (Lipinski definition) is 0. The lowest BCUT2D eigenvalue weighted by molar-refractivity contribution is 0.469. The smallest absolute Gasteiger partial charge is 0.0132 e. The SMILES string of the molecule is C.CC.CC.CC.CC(C)(C)C.Cc1ccc(C(C)(C)C)cc1.c1ccc2ccccc2c1. The summed E-state index contributed by atoms with van der Waals surface area (Å²) < 4.78 is 0. The quantitative estimate of drug-likeness (QED) is 0.317. The zero-order valence-corrected chi connectivity index (χ0v) is 23.9. The van der Waals surface area contributed by atoms with Crippen LogP contribution >= 0.6 is 0 Å². The van der Waals surface area contributed by atoms with Gasteiger partial charge in [0.2, 0.25) is 0 Å². The van der Waals surface area contributed by atoms with Crippen LogP contribution in [0.3, 0.4) is 0 Å². The molecule has 0 N–H and O–H groups in total. The molecule has 0 heterocycles. The molecule has 0 aliphatic heterocycles. The van der Waals surface area contributed by atoms with Crippen LogP contribution in [0.15, 0.2) is 72.8 Å². The van der Waals surface area contributed by atoms with Gasteiger partial charge in [-0.2, -0.15) is 0 Å². The molecule has 0 saturated carbocycles. The van der Waals surface area contributed by atoms with Crippen molar-refractivity contribution in [2.75, 3.05) is 0 Å². The van der Waals surface area contributed by atoms with Crippen molar-refractivity contribution in [2.45, 2.75) is 110 Å². The van der Waals surface area contributed by atoms with Gasteiger partial charge < -0.3 is 0 Å². The Morgan fingerprint density at radius 2 is 0.697 bits per heavy atom. The Balaban J connectivity index is -0.000000177. The molecule has 33 heavy (non-hydrogen) atoms. The van der Waals surface area contributed by atoms with E-state index in [9.17, 15) is 0 Å². The van der Waals surface area contributed by atoms with Crippen molar-refractivity contribution >= 4 is 10.8 Å². The molecular weight excluding hydrogens is 396 g/mol. The Labute approximate surface area is 209 Å². The first-order chi connectivity index (χ1) is 15.0. The van der Waals surface area contributed by atoms with Gasteiger partial charge in [0.25, 0.3) is 0 Å². The topological polar surface area (TPSA) is 0 Å². The van der Waals surface area contributed by atoms with E-state index in [0.29, 0.717) is 5.41 Å². The Kier molecular flexibility index (Phi) is 25.2. The van der Waals surface area contributed by atoms with E-state index in [1.165, 1.54) is 21.9 Å². The highest BCUT2D eigenvalue weighted by Crippen LogP contribution is 2.21. The molecule has 0 saturated heterocycles. The van der Waals surface area contributed by atoms with Gasteiger partial charge in [-0.1, -0.05) is 176 Å². The molecule has 0 heteroatoms. The molecule has 0 radical (unpaired) electrons. The highest BCUT2D eigenvalue weighted by Gasteiger charge is 2.11. The number of hydrogen-bond donors (Lipinski definition) is 0. The maximum atomic E-state index is 2.23. The third kappa shape index (κ3) is 22.9. The minimum atomic E-state index is 0. The third-order valence-corrected chi connectivity index (χ3v) is 3.58. The molecule has 3 rings (SSSR count). The molecule has 0 fully saturated rings. The van der Waals surface area contributed by atoms with Crippen LogP contribution in [-0.4, -0.2) is 0 Å². The molecule has 3 aromatic rings. The van der Waals surface area contributed by atoms with Crippen LogP contribution in [0.1, 0.15) is 109 Å². The van der Waals surface area contributed by atoms with Gasteiger partial charge >= 0.3 is 0 Å². The summed E-state index contributed by atoms with van der Waals surface area (Å²) in [6, 6.07) is 25.5. The summed E-state index contributed by atoms with van der Waals surface area (Å²) in [6.45, 7) is 29.6. The average molecular weight is 455 g/mol. The predicted octanol–water partition coefficient (Wildman–Crippen LogP) is 11.9. The van der Waals surface area contributed by atoms with Crippen LogP contribution in [-0.2, 0) is 5.41 Å². The molecule has 0 aliphatic rings. The van der Waals surface area contributed by atoms with Crippen molar-refractivity contribution in [3.05, 3.63) is 83.9 Å². The molecule has 0 unspecified atom stereocenters. The first-order valence-electron chi connectivity index (χ1n) is 12.5. The summed E-state index contributed by atoms with van der Waals surface area (Å²) in [7, 11) is 0. The van der Waals surface area contributed by atoms with Crippen molar-refractivity contribution in [3.63, 3.8) is 0 Å². The first kappa shape index (κ1) is 38.2. The average Bonchev–Trinajstić information content (AvgIpc) is 2.77. The Hall–Kier alpha value is -2.08. The van der Waals surface area contributed by atoms with Crippen LogP contribution in [0, 0.1) is 12.3 Å². The molecule has 0 amide bonds. The van der Waals surface area contributed by atoms with Crippen LogP contribution < -0.4 is 0 Å². The fourth-order valence-corrected chi connectivity index (χ4v) is 2.19. The lowest BCUT2D eigenvalue weighted by Crippen LogP contribution is -2.10. The number of benzene rings is 3. The van der Waals surface area contributed by atoms with Crippen molar-refractivity contribution in [2.24, 2.45) is 5.41 Å². The van der Waals surface area contributed by atoms with Crippen molar-refractivity contribution < 1.29 is 0 Å². The standard InChI is InChI=1S/C11H16.C10H8.C5H12.3C2H6.CH4/c1-9-5-7-10(8-6-9)11(2,3)4;1-2-6-10-8-4-3-7-9(10)5-1;1-5(2,3)4;3*1-2;/h5-8H,1-4H3;1-8H;1-4H3;3*1-2H3;1H4. The highest BCUT2D eigenvalue weighted by molar-refractivity contribution is 5.82. The summed E-state index contributed by atoms with van der Waals surface area (Å²) >= 11 is 0. The minimum Gasteiger partial charge on any atom is -0.0776 e. The van der Waals surface area contributed by atoms with E-state index < -0.39 is 0 Å². The van der Waals surface area contributed by atoms with Crippen molar-refractivity contribution in [1.82, 2.24) is 0 Å². The molecular formula is C33H58. The Morgan fingerprint density at radius 3 is 0.909 bits per heavy atom. The Morgan fingerprint density at radius 1 is 0.455 bits per heavy atom. The maximum Gasteiger partial charge on any atom is -0.0132 e. The van der Waals surface area contributed by atoms with Gasteiger partial charge in [-0.25, -0.2) is 0 Å². The first-order valence-corrected chi connectivity index (χ1v) is 12.5. The number of aryl methyl sites for hydroxylation is 1. The second-order valence-electron chi connectivity index (χ2n) is 9.46. The van der Waals surface area contributed by atoms with Crippen molar-refractivity contribution in [1.29, 1.82) is 0 Å². The summed E-state index contributed by atoms with van der Waals surface area (Å²) in [4.78, 5) is 0. The van der Waals surface area contributed by atoms with E-state index in [-0.39, 0.29) is 12.8 Å². The number of rotatable bonds is 0. The maximum absolute atomic E-state index is 2.23. The van der Waals surface area contributed by atoms with Crippen LogP contribution in [0.25, 0.3) is 10.8 Å². The summed E-state index contributed by atoms with van der Waals surface area (Å²) in [5.41, 5.74) is 3.52. The second kappa shape index (κ2) is 21.7. The summed E-state index contributed by atoms with van der Waals surface area (Å²) in [5.74, 6) is 0. The van der Waals surface area contributed by atoms with Gasteiger partial charge in [0.1, 0.15) is 0 Å². The van der Waals surface area contributed by atoms with Gasteiger partial charge in [-0.15, -0.1) is 0 Å². The van der Waals surface area contributed by atoms with E-state index >= 15 is 0 Å². The third-order valence-electron chi connectivity index (χ3n) is 3.58. The van der Waals surface area contributed by atoms with E-state index in [1.807, 2.05) is 41.5 Å². The van der Waals surface area contributed by atoms with E-state index in [1.54, 1.807) is 0 Å². The van der Waals surface area contributed by atoms with E-state index in [2.05, 4.69) is 128 Å². The minimum absolute atomic E-state index is 0. The highest BCUT2D eigenvalue weighted by atomic mass is 14.2. The van der Waals surface area contributed by atoms with Gasteiger partial charge in [-0.3, -0.25) is 0 Å². The summed E-state index contributed by atoms with van der Waals surface area (Å²) in [5, 5.41) is 2.62. The molecule has 0 aliphatic carbocycles. The molecule has 0 bridgehead atoms. The predicted molar refractivity (Wildman–Crippen MR) is 160 cm³/mol. The van der Waals surface area contributed by atoms with Crippen LogP contribution in [0.5, 0.6) is 0 Å². The molecule has 0 spiro atoms. The molecule has 190 valence electrons. The van der Waals surface area contributed by atoms with Gasteiger partial charge in [0.15, 0.2) is 0 Å².